The zero-order chi connectivity index (χ0) is 11.5. The molecule has 16 heavy (non-hydrogen) atoms. The van der Waals surface area contributed by atoms with Crippen LogP contribution in [0.25, 0.3) is 0 Å². The number of carbonyl (C=O) groups is 1. The minimum atomic E-state index is -0.949. The molecule has 2 heterocycles. The number of halogens is 1. The molecule has 0 radical (unpaired) electrons. The van der Waals surface area contributed by atoms with Crippen LogP contribution in [-0.4, -0.2) is 61.1 Å². The van der Waals surface area contributed by atoms with Gasteiger partial charge in [-0.25, -0.2) is 0 Å². The van der Waals surface area contributed by atoms with Crippen LogP contribution in [0, 0.1) is 5.92 Å². The number of likely N-dealkylation sites (tertiary alicyclic amines) is 1. The zero-order valence-corrected chi connectivity index (χ0v) is 16.0. The Morgan fingerprint density at radius 3 is 3.06 bits per heavy atom. The van der Waals surface area contributed by atoms with Gasteiger partial charge in [0, 0.05) is 0 Å². The second-order valence-corrected chi connectivity index (χ2v) is 13.6. The summed E-state index contributed by atoms with van der Waals surface area (Å²) in [6, 6.07) is 0. The van der Waals surface area contributed by atoms with Gasteiger partial charge in [0.25, 0.3) is 0 Å². The van der Waals surface area contributed by atoms with Crippen molar-refractivity contribution in [3.05, 3.63) is 11.8 Å². The van der Waals surface area contributed by atoms with E-state index in [0.29, 0.717) is 17.7 Å². The maximum absolute atomic E-state index is 11.7. The van der Waals surface area contributed by atoms with Crippen LogP contribution in [0.15, 0.2) is 11.8 Å². The van der Waals surface area contributed by atoms with Crippen LogP contribution in [-0.2, 0) is 4.79 Å². The summed E-state index contributed by atoms with van der Waals surface area (Å²) in [6.45, 7) is 2.05. The molecule has 1 amide bonds. The van der Waals surface area contributed by atoms with Crippen molar-refractivity contribution in [1.82, 2.24) is 10.2 Å². The van der Waals surface area contributed by atoms with Crippen LogP contribution >= 0.6 is 11.6 Å². The van der Waals surface area contributed by atoms with Crippen molar-refractivity contribution in [2.45, 2.75) is 13.9 Å². The summed E-state index contributed by atoms with van der Waals surface area (Å²) in [5.74, 6) is 1.35. The Morgan fingerprint density at radius 1 is 1.69 bits per heavy atom. The molecule has 1 fully saturated rings. The van der Waals surface area contributed by atoms with Crippen molar-refractivity contribution in [1.29, 1.82) is 0 Å². The van der Waals surface area contributed by atoms with E-state index in [9.17, 15) is 4.79 Å². The molecule has 2 atom stereocenters. The number of allylic oxidation sites excluding steroid dienone is 1. The fraction of sp³-hybridized carbons (Fsp3) is 0.727. The molecule has 5 heteroatoms. The summed E-state index contributed by atoms with van der Waals surface area (Å²) < 4.78 is 2.02. The van der Waals surface area contributed by atoms with Gasteiger partial charge in [0.2, 0.25) is 0 Å². The molecule has 0 aromatic heterocycles. The van der Waals surface area contributed by atoms with Gasteiger partial charge in [-0.2, -0.15) is 0 Å². The minimum absolute atomic E-state index is 0.361. The molecule has 0 aromatic carbocycles. The van der Waals surface area contributed by atoms with Crippen LogP contribution < -0.4 is 5.32 Å². The average molecular weight is 434 g/mol. The number of carbonyl (C=O) groups excluding carboxylic acids is 1. The van der Waals surface area contributed by atoms with E-state index in [4.69, 9.17) is 11.6 Å². The molecule has 1 N–H and O–H groups in total. The van der Waals surface area contributed by atoms with Crippen LogP contribution in [0.5, 0.6) is 0 Å². The van der Waals surface area contributed by atoms with E-state index in [1.54, 1.807) is 0 Å². The molecule has 0 aliphatic carbocycles. The summed E-state index contributed by atoms with van der Waals surface area (Å²) >= 11 is 4.83. The monoisotopic (exact) mass is 434 g/mol. The van der Waals surface area contributed by atoms with Gasteiger partial charge in [0.15, 0.2) is 0 Å². The van der Waals surface area contributed by atoms with Crippen LogP contribution in [0.4, 0.5) is 0 Å². The molecule has 2 aliphatic heterocycles. The van der Waals surface area contributed by atoms with Gasteiger partial charge in [-0.05, 0) is 0 Å². The number of nitrogens with zero attached hydrogens (tertiary/aromatic N) is 1. The van der Waals surface area contributed by atoms with Crippen LogP contribution in [0.1, 0.15) is 6.42 Å². The summed E-state index contributed by atoms with van der Waals surface area (Å²) in [5, 5.41) is 3.34. The first-order chi connectivity index (χ1) is 7.70. The molecule has 88 valence electrons. The third-order valence-electron chi connectivity index (χ3n) is 3.60. The fourth-order valence-corrected chi connectivity index (χ4v) is 11.1. The Kier molecular flexibility index (Phi) is 4.52. The molecule has 0 saturated carbocycles. The number of amides is 1. The Morgan fingerprint density at radius 2 is 2.50 bits per heavy atom. The number of nitrogens with one attached hydrogen (secondary N) is 1. The van der Waals surface area contributed by atoms with Gasteiger partial charge in [-0.15, -0.1) is 0 Å². The van der Waals surface area contributed by atoms with E-state index < -0.39 is 24.2 Å². The Hall–Kier alpha value is 0.222. The van der Waals surface area contributed by atoms with Crippen LogP contribution in [0.2, 0.25) is 7.46 Å². The Labute approximate surface area is 114 Å². The second-order valence-electron chi connectivity index (χ2n) is 4.79. The Bertz CT molecular complexity index is 308. The first-order valence-electron chi connectivity index (χ1n) is 5.96. The van der Waals surface area contributed by atoms with E-state index in [1.165, 1.54) is 9.68 Å². The van der Waals surface area contributed by atoms with Crippen molar-refractivity contribution in [2.24, 2.45) is 5.92 Å². The normalized spacial score (nSPS) is 29.2. The summed E-state index contributed by atoms with van der Waals surface area (Å²) in [7, 11) is 1.92. The molecule has 3 nitrogen and oxygen atoms in total. The fourth-order valence-electron chi connectivity index (χ4n) is 2.52. The third kappa shape index (κ3) is 2.91. The van der Waals surface area contributed by atoms with Gasteiger partial charge in [0.05, 0.1) is 0 Å². The third-order valence-corrected chi connectivity index (χ3v) is 12.8. The standard InChI is InChI=1S/C6H10NO.C5H7ClN.Tl.H/c1-5-3-4-7(2)6(5)8;6-4-5-2-1-3-7-5;;/h5H,1,3-4H2,2H3;1-2,7H,3-4H2;;. The molecular formula is C11H18ClN2OTl. The van der Waals surface area contributed by atoms with Gasteiger partial charge in [-0.1, -0.05) is 0 Å². The molecule has 1 saturated heterocycles. The molecule has 0 bridgehead atoms. The van der Waals surface area contributed by atoms with Gasteiger partial charge < -0.3 is 0 Å². The predicted octanol–water partition coefficient (Wildman–Crippen LogP) is 0.834. The molecule has 2 rings (SSSR count). The van der Waals surface area contributed by atoms with Gasteiger partial charge >= 0.3 is 114 Å². The van der Waals surface area contributed by atoms with E-state index in [0.717, 1.165) is 23.0 Å². The van der Waals surface area contributed by atoms with Crippen molar-refractivity contribution < 1.29 is 4.79 Å². The molecular weight excluding hydrogens is 416 g/mol. The van der Waals surface area contributed by atoms with Gasteiger partial charge in [-0.3, -0.25) is 0 Å². The van der Waals surface area contributed by atoms with E-state index in [-0.39, 0.29) is 0 Å². The predicted molar refractivity (Wildman–Crippen MR) is 68.3 cm³/mol. The summed E-state index contributed by atoms with van der Waals surface area (Å²) in [6.07, 6.45) is 3.40. The van der Waals surface area contributed by atoms with Crippen LogP contribution in [0.3, 0.4) is 0 Å². The molecule has 2 aliphatic rings. The quantitative estimate of drug-likeness (QED) is 0.526. The van der Waals surface area contributed by atoms with Gasteiger partial charge in [0.1, 0.15) is 0 Å². The number of hydrogen-bond acceptors (Lipinski definition) is 2. The summed E-state index contributed by atoms with van der Waals surface area (Å²) in [4.78, 5) is 13.6. The maximum atomic E-state index is 11.7. The number of hydrogen-bond donors (Lipinski definition) is 1. The van der Waals surface area contributed by atoms with Crippen molar-refractivity contribution in [3.63, 3.8) is 0 Å². The number of alkyl halides is 1. The van der Waals surface area contributed by atoms with E-state index in [1.807, 2.05) is 11.9 Å². The zero-order valence-electron chi connectivity index (χ0n) is 9.71. The Balaban J connectivity index is 1.76. The van der Waals surface area contributed by atoms with E-state index >= 15 is 0 Å². The molecule has 2 unspecified atom stereocenters. The van der Waals surface area contributed by atoms with Crippen molar-refractivity contribution >= 4 is 41.7 Å². The van der Waals surface area contributed by atoms with Crippen molar-refractivity contribution in [3.8, 4) is 0 Å². The van der Waals surface area contributed by atoms with E-state index in [2.05, 4.69) is 11.4 Å². The second kappa shape index (κ2) is 5.71. The average Bonchev–Trinajstić information content (AvgIpc) is 2.86. The topological polar surface area (TPSA) is 32.3 Å². The molecule has 0 spiro atoms. The SMILES string of the molecule is CN1CCC([CH2][TlH][CH]2C=C(CCl)NC2)C1=O. The van der Waals surface area contributed by atoms with Crippen molar-refractivity contribution in [2.75, 3.05) is 26.0 Å². The first kappa shape index (κ1) is 12.7. The molecule has 0 aromatic rings. The summed E-state index contributed by atoms with van der Waals surface area (Å²) in [5.41, 5.74) is 1.20. The first-order valence-corrected chi connectivity index (χ1v) is 13.6. The number of rotatable bonds is 4.